The lowest BCUT2D eigenvalue weighted by Crippen LogP contribution is -2.30. The average molecular weight is 426 g/mol. The molecule has 0 aliphatic heterocycles. The molecule has 2 aromatic rings. The van der Waals surface area contributed by atoms with Gasteiger partial charge in [0.2, 0.25) is 10.0 Å². The number of hydrogen-bond donors (Lipinski definition) is 2. The molecule has 0 radical (unpaired) electrons. The van der Waals surface area contributed by atoms with Crippen LogP contribution in [0.1, 0.15) is 36.7 Å². The molecule has 154 valence electrons. The number of sulfonamides is 1. The maximum Gasteiger partial charge on any atom is 0.255 e. The number of nitrogens with zero attached hydrogens (tertiary/aromatic N) is 1. The molecule has 0 atom stereocenters. The zero-order valence-corrected chi connectivity index (χ0v) is 18.1. The van der Waals surface area contributed by atoms with Crippen molar-refractivity contribution in [2.45, 2.75) is 32.2 Å². The normalized spacial score (nSPS) is 11.1. The third kappa shape index (κ3) is 5.78. The zero-order valence-electron chi connectivity index (χ0n) is 16.4. The largest absolute Gasteiger partial charge is 0.322 e. The highest BCUT2D eigenvalue weighted by Gasteiger charge is 2.21. The predicted molar refractivity (Wildman–Crippen MR) is 116 cm³/mol. The summed E-state index contributed by atoms with van der Waals surface area (Å²) in [6.45, 7) is 7.93. The van der Waals surface area contributed by atoms with E-state index in [0.717, 1.165) is 17.8 Å². The van der Waals surface area contributed by atoms with Crippen molar-refractivity contribution < 1.29 is 13.2 Å². The first-order chi connectivity index (χ1) is 12.9. The number of carbonyl (C=O) groups is 1. The lowest BCUT2D eigenvalue weighted by Gasteiger charge is -2.18. The van der Waals surface area contributed by atoms with Crippen molar-refractivity contribution in [3.05, 3.63) is 59.7 Å². The second kappa shape index (κ2) is 11.2. The van der Waals surface area contributed by atoms with Crippen molar-refractivity contribution in [2.24, 2.45) is 0 Å². The zero-order chi connectivity index (χ0) is 19.9. The molecule has 0 saturated carbocycles. The predicted octanol–water partition coefficient (Wildman–Crippen LogP) is 3.50. The molecular formula is C20H28ClN3O3S. The van der Waals surface area contributed by atoms with Crippen LogP contribution in [-0.2, 0) is 16.6 Å². The molecule has 0 saturated heterocycles. The standard InChI is InChI=1S/C20H27N3O3S.ClH/c1-4-21-15-17-9-7-8-10-19(17)22-20(24)16-11-13-18(14-12-16)27(25,26)23(5-2)6-3;/h7-14,21H,4-6,15H2,1-3H3,(H,22,24);1H. The van der Waals surface area contributed by atoms with Crippen molar-refractivity contribution >= 4 is 34.0 Å². The molecule has 0 spiro atoms. The number of nitrogens with one attached hydrogen (secondary N) is 2. The van der Waals surface area contributed by atoms with E-state index in [4.69, 9.17) is 0 Å². The highest BCUT2D eigenvalue weighted by atomic mass is 35.5. The van der Waals surface area contributed by atoms with Crippen LogP contribution in [0, 0.1) is 0 Å². The first-order valence-electron chi connectivity index (χ1n) is 9.14. The Morgan fingerprint density at radius 3 is 2.14 bits per heavy atom. The van der Waals surface area contributed by atoms with Crippen LogP contribution >= 0.6 is 12.4 Å². The highest BCUT2D eigenvalue weighted by molar-refractivity contribution is 7.89. The Morgan fingerprint density at radius 1 is 0.964 bits per heavy atom. The van der Waals surface area contributed by atoms with Crippen LogP contribution in [0.5, 0.6) is 0 Å². The Balaban J connectivity index is 0.00000392. The summed E-state index contributed by atoms with van der Waals surface area (Å²) < 4.78 is 26.4. The lowest BCUT2D eigenvalue weighted by atomic mass is 10.1. The van der Waals surface area contributed by atoms with E-state index in [9.17, 15) is 13.2 Å². The molecule has 0 aliphatic carbocycles. The fourth-order valence-electron chi connectivity index (χ4n) is 2.74. The van der Waals surface area contributed by atoms with E-state index in [0.29, 0.717) is 25.2 Å². The minimum absolute atomic E-state index is 0. The van der Waals surface area contributed by atoms with Crippen molar-refractivity contribution in [1.82, 2.24) is 9.62 Å². The number of anilines is 1. The van der Waals surface area contributed by atoms with Gasteiger partial charge in [-0.2, -0.15) is 4.31 Å². The number of hydrogen-bond acceptors (Lipinski definition) is 4. The minimum Gasteiger partial charge on any atom is -0.322 e. The number of halogens is 1. The van der Waals surface area contributed by atoms with Crippen LogP contribution in [0.4, 0.5) is 5.69 Å². The molecule has 2 rings (SSSR count). The Morgan fingerprint density at radius 2 is 1.57 bits per heavy atom. The fraction of sp³-hybridized carbons (Fsp3) is 0.350. The van der Waals surface area contributed by atoms with Gasteiger partial charge in [0.25, 0.3) is 5.91 Å². The maximum absolute atomic E-state index is 12.6. The minimum atomic E-state index is -3.53. The number of carbonyl (C=O) groups excluding carboxylic acids is 1. The van der Waals surface area contributed by atoms with Crippen LogP contribution in [0.2, 0.25) is 0 Å². The van der Waals surface area contributed by atoms with Gasteiger partial charge in [-0.15, -0.1) is 12.4 Å². The molecule has 2 N–H and O–H groups in total. The summed E-state index contributed by atoms with van der Waals surface area (Å²) in [4.78, 5) is 12.7. The highest BCUT2D eigenvalue weighted by Crippen LogP contribution is 2.19. The molecule has 2 aromatic carbocycles. The van der Waals surface area contributed by atoms with E-state index in [1.165, 1.54) is 16.4 Å². The number of amides is 1. The van der Waals surface area contributed by atoms with Gasteiger partial charge in [0.05, 0.1) is 4.90 Å². The van der Waals surface area contributed by atoms with E-state index >= 15 is 0 Å². The van der Waals surface area contributed by atoms with E-state index in [-0.39, 0.29) is 23.2 Å². The molecule has 0 aromatic heterocycles. The lowest BCUT2D eigenvalue weighted by molar-refractivity contribution is 0.102. The first kappa shape index (κ1) is 24.1. The van der Waals surface area contributed by atoms with Gasteiger partial charge < -0.3 is 10.6 Å². The fourth-order valence-corrected chi connectivity index (χ4v) is 4.20. The molecule has 28 heavy (non-hydrogen) atoms. The summed E-state index contributed by atoms with van der Waals surface area (Å²) in [6, 6.07) is 13.6. The smallest absolute Gasteiger partial charge is 0.255 e. The van der Waals surface area contributed by atoms with Crippen molar-refractivity contribution in [3.8, 4) is 0 Å². The van der Waals surface area contributed by atoms with Crippen molar-refractivity contribution in [3.63, 3.8) is 0 Å². The SMILES string of the molecule is CCNCc1ccccc1NC(=O)c1ccc(S(=O)(=O)N(CC)CC)cc1.Cl. The van der Waals surface area contributed by atoms with Crippen LogP contribution in [0.25, 0.3) is 0 Å². The Bertz CT molecular complexity index is 867. The van der Waals surface area contributed by atoms with Crippen LogP contribution < -0.4 is 10.6 Å². The monoisotopic (exact) mass is 425 g/mol. The average Bonchev–Trinajstić information content (AvgIpc) is 2.68. The maximum atomic E-state index is 12.6. The van der Waals surface area contributed by atoms with Gasteiger partial charge in [-0.3, -0.25) is 4.79 Å². The molecule has 1 amide bonds. The van der Waals surface area contributed by atoms with E-state index in [1.807, 2.05) is 31.2 Å². The van der Waals surface area contributed by atoms with Crippen LogP contribution in [0.3, 0.4) is 0 Å². The second-order valence-corrected chi connectivity index (χ2v) is 7.94. The van der Waals surface area contributed by atoms with Gasteiger partial charge in [0.1, 0.15) is 0 Å². The van der Waals surface area contributed by atoms with Gasteiger partial charge >= 0.3 is 0 Å². The molecule has 0 aliphatic rings. The van der Waals surface area contributed by atoms with E-state index in [1.54, 1.807) is 26.0 Å². The Kier molecular flexibility index (Phi) is 9.61. The quantitative estimate of drug-likeness (QED) is 0.644. The third-order valence-corrected chi connectivity index (χ3v) is 6.35. The van der Waals surface area contributed by atoms with E-state index < -0.39 is 10.0 Å². The molecule has 6 nitrogen and oxygen atoms in total. The second-order valence-electron chi connectivity index (χ2n) is 6.01. The van der Waals surface area contributed by atoms with Crippen LogP contribution in [0.15, 0.2) is 53.4 Å². The van der Waals surface area contributed by atoms with Crippen molar-refractivity contribution in [2.75, 3.05) is 25.0 Å². The topological polar surface area (TPSA) is 78.5 Å². The molecule has 0 fully saturated rings. The van der Waals surface area contributed by atoms with Crippen LogP contribution in [-0.4, -0.2) is 38.3 Å². The number of benzene rings is 2. The van der Waals surface area contributed by atoms with Gasteiger partial charge in [-0.25, -0.2) is 8.42 Å². The number of rotatable bonds is 9. The molecule has 0 unspecified atom stereocenters. The molecular weight excluding hydrogens is 398 g/mol. The summed E-state index contributed by atoms with van der Waals surface area (Å²) in [5.74, 6) is -0.272. The summed E-state index contributed by atoms with van der Waals surface area (Å²) in [7, 11) is -3.53. The summed E-state index contributed by atoms with van der Waals surface area (Å²) in [5.41, 5.74) is 2.14. The van der Waals surface area contributed by atoms with Gasteiger partial charge in [-0.1, -0.05) is 39.0 Å². The van der Waals surface area contributed by atoms with Crippen molar-refractivity contribution in [1.29, 1.82) is 0 Å². The van der Waals surface area contributed by atoms with Gasteiger partial charge in [-0.05, 0) is 42.4 Å². The van der Waals surface area contributed by atoms with Gasteiger partial charge in [0.15, 0.2) is 0 Å². The molecule has 0 heterocycles. The Hall–Kier alpha value is -1.93. The molecule has 8 heteroatoms. The summed E-state index contributed by atoms with van der Waals surface area (Å²) >= 11 is 0. The third-order valence-electron chi connectivity index (χ3n) is 4.29. The van der Waals surface area contributed by atoms with Gasteiger partial charge in [0, 0.05) is 30.9 Å². The molecule has 0 bridgehead atoms. The summed E-state index contributed by atoms with van der Waals surface area (Å²) in [6.07, 6.45) is 0. The Labute approximate surface area is 173 Å². The number of para-hydroxylation sites is 1. The first-order valence-corrected chi connectivity index (χ1v) is 10.6. The van der Waals surface area contributed by atoms with E-state index in [2.05, 4.69) is 10.6 Å². The summed E-state index contributed by atoms with van der Waals surface area (Å²) in [5, 5.41) is 6.14.